The summed E-state index contributed by atoms with van der Waals surface area (Å²) in [6.07, 6.45) is 2.48. The van der Waals surface area contributed by atoms with Crippen LogP contribution in [0.1, 0.15) is 25.3 Å². The molecule has 0 radical (unpaired) electrons. The van der Waals surface area contributed by atoms with Crippen molar-refractivity contribution in [1.82, 2.24) is 4.90 Å². The first kappa shape index (κ1) is 14.4. The number of rotatable bonds is 4. The maximum atomic E-state index is 9.36. The van der Waals surface area contributed by atoms with Gasteiger partial charge in [-0.3, -0.25) is 4.90 Å². The van der Waals surface area contributed by atoms with Crippen LogP contribution in [-0.2, 0) is 6.54 Å². The third kappa shape index (κ3) is 3.72. The lowest BCUT2D eigenvalue weighted by Gasteiger charge is -2.30. The van der Waals surface area contributed by atoms with E-state index in [1.807, 2.05) is 12.1 Å². The van der Waals surface area contributed by atoms with Gasteiger partial charge >= 0.3 is 7.12 Å². The molecule has 0 bridgehead atoms. The Bertz CT molecular complexity index is 417. The fraction of sp³-hybridized carbons (Fsp3) is 0.571. The van der Waals surface area contributed by atoms with Crippen molar-refractivity contribution in [1.29, 1.82) is 0 Å². The number of piperidine rings is 1. The number of hydrogen-bond acceptors (Lipinski definition) is 4. The van der Waals surface area contributed by atoms with Crippen LogP contribution in [0.4, 0.5) is 0 Å². The Morgan fingerprint density at radius 3 is 2.58 bits per heavy atom. The largest absolute Gasteiger partial charge is 0.497 e. The van der Waals surface area contributed by atoms with Crippen LogP contribution >= 0.6 is 0 Å². The van der Waals surface area contributed by atoms with Crippen molar-refractivity contribution in [3.8, 4) is 5.75 Å². The van der Waals surface area contributed by atoms with Crippen molar-refractivity contribution in [2.45, 2.75) is 26.3 Å². The summed E-state index contributed by atoms with van der Waals surface area (Å²) in [6.45, 7) is 5.38. The van der Waals surface area contributed by atoms with Gasteiger partial charge in [0.05, 0.1) is 7.11 Å². The molecule has 1 aliphatic heterocycles. The Morgan fingerprint density at radius 2 is 2.00 bits per heavy atom. The second-order valence-corrected chi connectivity index (χ2v) is 5.41. The highest BCUT2D eigenvalue weighted by atomic mass is 16.5. The van der Waals surface area contributed by atoms with Gasteiger partial charge in [-0.2, -0.15) is 0 Å². The number of methoxy groups -OCH3 is 1. The highest BCUT2D eigenvalue weighted by molar-refractivity contribution is 6.59. The first-order valence-corrected chi connectivity index (χ1v) is 6.85. The van der Waals surface area contributed by atoms with Gasteiger partial charge in [-0.25, -0.2) is 0 Å². The molecule has 104 valence electrons. The minimum absolute atomic E-state index is 0.436. The van der Waals surface area contributed by atoms with Gasteiger partial charge in [-0.05, 0) is 43.5 Å². The Hall–Kier alpha value is -1.04. The second-order valence-electron chi connectivity index (χ2n) is 5.41. The van der Waals surface area contributed by atoms with Crippen molar-refractivity contribution in [2.75, 3.05) is 20.2 Å². The van der Waals surface area contributed by atoms with Crippen LogP contribution in [0.15, 0.2) is 18.2 Å². The second kappa shape index (κ2) is 6.41. The molecule has 1 fully saturated rings. The molecule has 4 nitrogen and oxygen atoms in total. The molecular formula is C14H22BNO3. The van der Waals surface area contributed by atoms with E-state index in [0.717, 1.165) is 31.1 Å². The van der Waals surface area contributed by atoms with Crippen molar-refractivity contribution >= 4 is 12.6 Å². The summed E-state index contributed by atoms with van der Waals surface area (Å²) in [4.78, 5) is 2.41. The summed E-state index contributed by atoms with van der Waals surface area (Å²) in [7, 11) is 0.0451. The van der Waals surface area contributed by atoms with Crippen LogP contribution in [0.5, 0.6) is 5.75 Å². The van der Waals surface area contributed by atoms with Gasteiger partial charge in [-0.1, -0.05) is 19.1 Å². The molecule has 0 aromatic heterocycles. The summed E-state index contributed by atoms with van der Waals surface area (Å²) >= 11 is 0. The van der Waals surface area contributed by atoms with Gasteiger partial charge < -0.3 is 14.8 Å². The van der Waals surface area contributed by atoms with E-state index in [1.165, 1.54) is 20.0 Å². The number of hydrogen-bond donors (Lipinski definition) is 2. The van der Waals surface area contributed by atoms with Crippen LogP contribution in [0.3, 0.4) is 0 Å². The van der Waals surface area contributed by atoms with Crippen LogP contribution in [0, 0.1) is 5.92 Å². The lowest BCUT2D eigenvalue weighted by atomic mass is 9.78. The lowest BCUT2D eigenvalue weighted by molar-refractivity contribution is 0.185. The van der Waals surface area contributed by atoms with Crippen LogP contribution in [-0.4, -0.2) is 42.3 Å². The fourth-order valence-electron chi connectivity index (χ4n) is 2.56. The molecule has 5 heteroatoms. The highest BCUT2D eigenvalue weighted by Crippen LogP contribution is 2.19. The maximum Gasteiger partial charge on any atom is 0.492 e. The van der Waals surface area contributed by atoms with Crippen LogP contribution < -0.4 is 10.2 Å². The minimum atomic E-state index is -1.49. The Labute approximate surface area is 115 Å². The van der Waals surface area contributed by atoms with E-state index >= 15 is 0 Å². The zero-order chi connectivity index (χ0) is 13.8. The monoisotopic (exact) mass is 263 g/mol. The predicted octanol–water partition coefficient (Wildman–Crippen LogP) is 0.607. The van der Waals surface area contributed by atoms with Crippen molar-refractivity contribution in [3.05, 3.63) is 23.8 Å². The van der Waals surface area contributed by atoms with Gasteiger partial charge in [0.25, 0.3) is 0 Å². The lowest BCUT2D eigenvalue weighted by Crippen LogP contribution is -2.34. The molecule has 19 heavy (non-hydrogen) atoms. The summed E-state index contributed by atoms with van der Waals surface area (Å²) < 4.78 is 5.13. The number of nitrogens with zero attached hydrogens (tertiary/aromatic N) is 1. The van der Waals surface area contributed by atoms with E-state index < -0.39 is 7.12 Å². The van der Waals surface area contributed by atoms with Crippen molar-refractivity contribution in [3.63, 3.8) is 0 Å². The standard InChI is InChI=1S/C14H22BNO3/c1-11-5-7-16(8-6-11)10-12-3-4-14(19-2)13(9-12)15(17)18/h3-4,9,11,17-18H,5-8,10H2,1-2H3. The molecule has 0 saturated carbocycles. The van der Waals surface area contributed by atoms with E-state index in [4.69, 9.17) is 4.74 Å². The van der Waals surface area contributed by atoms with Gasteiger partial charge in [0, 0.05) is 12.0 Å². The fourth-order valence-corrected chi connectivity index (χ4v) is 2.56. The van der Waals surface area contributed by atoms with E-state index in [-0.39, 0.29) is 0 Å². The molecule has 0 atom stereocenters. The molecule has 2 rings (SSSR count). The first-order chi connectivity index (χ1) is 9.10. The molecule has 1 aliphatic rings. The molecule has 2 N–H and O–H groups in total. The smallest absolute Gasteiger partial charge is 0.492 e. The number of benzene rings is 1. The molecule has 1 saturated heterocycles. The Morgan fingerprint density at radius 1 is 1.32 bits per heavy atom. The van der Waals surface area contributed by atoms with Crippen molar-refractivity contribution in [2.24, 2.45) is 5.92 Å². The summed E-state index contributed by atoms with van der Waals surface area (Å²) in [5.74, 6) is 1.34. The third-order valence-electron chi connectivity index (χ3n) is 3.85. The average molecular weight is 263 g/mol. The quantitative estimate of drug-likeness (QED) is 0.781. The van der Waals surface area contributed by atoms with E-state index in [9.17, 15) is 10.0 Å². The molecule has 0 unspecified atom stereocenters. The molecule has 1 heterocycles. The molecular weight excluding hydrogens is 241 g/mol. The molecule has 0 aliphatic carbocycles. The molecule has 1 aromatic carbocycles. The topological polar surface area (TPSA) is 52.9 Å². The normalized spacial score (nSPS) is 17.5. The Kier molecular flexibility index (Phi) is 4.85. The predicted molar refractivity (Wildman–Crippen MR) is 76.5 cm³/mol. The van der Waals surface area contributed by atoms with Gasteiger partial charge in [0.15, 0.2) is 0 Å². The van der Waals surface area contributed by atoms with Crippen LogP contribution in [0.25, 0.3) is 0 Å². The van der Waals surface area contributed by atoms with E-state index in [1.54, 1.807) is 6.07 Å². The average Bonchev–Trinajstić information content (AvgIpc) is 2.41. The SMILES string of the molecule is COc1ccc(CN2CCC(C)CC2)cc1B(O)O. The van der Waals surface area contributed by atoms with Gasteiger partial charge in [0.2, 0.25) is 0 Å². The van der Waals surface area contributed by atoms with Crippen molar-refractivity contribution < 1.29 is 14.8 Å². The summed E-state index contributed by atoms with van der Waals surface area (Å²) in [5, 5.41) is 18.7. The van der Waals surface area contributed by atoms with Crippen LogP contribution in [0.2, 0.25) is 0 Å². The molecule has 0 spiro atoms. The minimum Gasteiger partial charge on any atom is -0.497 e. The molecule has 1 aromatic rings. The summed E-state index contributed by atoms with van der Waals surface area (Å²) in [6, 6.07) is 5.61. The zero-order valence-corrected chi connectivity index (χ0v) is 11.7. The number of ether oxygens (including phenoxy) is 1. The molecule has 0 amide bonds. The third-order valence-corrected chi connectivity index (χ3v) is 3.85. The van der Waals surface area contributed by atoms with E-state index in [0.29, 0.717) is 11.2 Å². The maximum absolute atomic E-state index is 9.36. The first-order valence-electron chi connectivity index (χ1n) is 6.85. The Balaban J connectivity index is 2.06. The van der Waals surface area contributed by atoms with Gasteiger partial charge in [0.1, 0.15) is 5.75 Å². The van der Waals surface area contributed by atoms with Gasteiger partial charge in [-0.15, -0.1) is 0 Å². The highest BCUT2D eigenvalue weighted by Gasteiger charge is 2.19. The van der Waals surface area contributed by atoms with E-state index in [2.05, 4.69) is 11.8 Å². The number of likely N-dealkylation sites (tertiary alicyclic amines) is 1. The summed E-state index contributed by atoms with van der Waals surface area (Å²) in [5.41, 5.74) is 1.53. The zero-order valence-electron chi connectivity index (χ0n) is 11.7.